The number of carbonyl (C=O) groups is 1. The number of hydrogen-bond acceptors (Lipinski definition) is 5. The van der Waals surface area contributed by atoms with Crippen LogP contribution < -0.4 is 5.32 Å². The van der Waals surface area contributed by atoms with Crippen LogP contribution in [0.4, 0.5) is 11.4 Å². The van der Waals surface area contributed by atoms with E-state index in [1.165, 1.54) is 18.2 Å². The molecule has 3 rings (SSSR count). The highest BCUT2D eigenvalue weighted by atomic mass is 79.9. The Morgan fingerprint density at radius 2 is 1.93 bits per heavy atom. The number of amides is 1. The average molecular weight is 438 g/mol. The van der Waals surface area contributed by atoms with E-state index in [2.05, 4.69) is 21.2 Å². The zero-order chi connectivity index (χ0) is 20.1. The van der Waals surface area contributed by atoms with Crippen LogP contribution in [-0.4, -0.2) is 10.8 Å². The monoisotopic (exact) mass is 437 g/mol. The van der Waals surface area contributed by atoms with Gasteiger partial charge in [-0.2, -0.15) is 5.26 Å². The van der Waals surface area contributed by atoms with Gasteiger partial charge in [-0.05, 0) is 36.4 Å². The van der Waals surface area contributed by atoms with E-state index in [9.17, 15) is 20.2 Å². The van der Waals surface area contributed by atoms with E-state index in [-0.39, 0.29) is 17.0 Å². The number of nitriles is 1. The van der Waals surface area contributed by atoms with Crippen LogP contribution >= 0.6 is 15.9 Å². The van der Waals surface area contributed by atoms with Crippen molar-refractivity contribution in [3.63, 3.8) is 0 Å². The number of hydrogen-bond donors (Lipinski definition) is 1. The summed E-state index contributed by atoms with van der Waals surface area (Å²) >= 11 is 3.31. The van der Waals surface area contributed by atoms with Crippen LogP contribution in [-0.2, 0) is 4.79 Å². The van der Waals surface area contributed by atoms with Gasteiger partial charge < -0.3 is 9.73 Å². The van der Waals surface area contributed by atoms with Crippen molar-refractivity contribution in [3.05, 3.63) is 86.6 Å². The maximum atomic E-state index is 12.3. The van der Waals surface area contributed by atoms with Gasteiger partial charge in [0.05, 0.1) is 4.92 Å². The molecular weight excluding hydrogens is 426 g/mol. The Labute approximate surface area is 168 Å². The standard InChI is InChI=1S/C20H12BrN3O4/c21-15-4-6-16(7-5-15)23-20(25)14(12-22)11-18-8-9-19(28-18)13-2-1-3-17(10-13)24(26)27/h1-11H,(H,23,25). The normalized spacial score (nSPS) is 10.9. The Kier molecular flexibility index (Phi) is 5.67. The summed E-state index contributed by atoms with van der Waals surface area (Å²) in [6.45, 7) is 0. The van der Waals surface area contributed by atoms with Crippen molar-refractivity contribution >= 4 is 39.3 Å². The number of nitro groups is 1. The Morgan fingerprint density at radius 1 is 1.18 bits per heavy atom. The third-order valence-electron chi connectivity index (χ3n) is 3.72. The molecule has 138 valence electrons. The topological polar surface area (TPSA) is 109 Å². The molecule has 0 aliphatic heterocycles. The predicted molar refractivity (Wildman–Crippen MR) is 107 cm³/mol. The SMILES string of the molecule is N#CC(=Cc1ccc(-c2cccc([N+](=O)[O-])c2)o1)C(=O)Nc1ccc(Br)cc1. The van der Waals surface area contributed by atoms with E-state index in [1.54, 1.807) is 48.5 Å². The van der Waals surface area contributed by atoms with Crippen molar-refractivity contribution in [1.82, 2.24) is 0 Å². The van der Waals surface area contributed by atoms with Crippen molar-refractivity contribution in [2.24, 2.45) is 0 Å². The molecule has 0 spiro atoms. The van der Waals surface area contributed by atoms with Crippen LogP contribution in [0, 0.1) is 21.4 Å². The first-order chi connectivity index (χ1) is 13.5. The minimum absolute atomic E-state index is 0.0578. The van der Waals surface area contributed by atoms with Crippen molar-refractivity contribution < 1.29 is 14.1 Å². The number of nitrogens with zero attached hydrogens (tertiary/aromatic N) is 2. The van der Waals surface area contributed by atoms with Gasteiger partial charge in [-0.3, -0.25) is 14.9 Å². The fourth-order valence-corrected chi connectivity index (χ4v) is 2.65. The van der Waals surface area contributed by atoms with Crippen molar-refractivity contribution in [2.45, 2.75) is 0 Å². The second kappa shape index (κ2) is 8.33. The number of nitro benzene ring substituents is 1. The quantitative estimate of drug-likeness (QED) is 0.256. The summed E-state index contributed by atoms with van der Waals surface area (Å²) in [5.41, 5.74) is 0.873. The minimum Gasteiger partial charge on any atom is -0.457 e. The number of carbonyl (C=O) groups excluding carboxylic acids is 1. The molecule has 0 radical (unpaired) electrons. The Morgan fingerprint density at radius 3 is 2.61 bits per heavy atom. The van der Waals surface area contributed by atoms with Gasteiger partial charge >= 0.3 is 0 Å². The lowest BCUT2D eigenvalue weighted by Crippen LogP contribution is -2.13. The molecule has 0 saturated carbocycles. The van der Waals surface area contributed by atoms with Gasteiger partial charge in [0.25, 0.3) is 11.6 Å². The molecule has 0 aliphatic carbocycles. The zero-order valence-corrected chi connectivity index (χ0v) is 15.8. The van der Waals surface area contributed by atoms with Crippen molar-refractivity contribution in [3.8, 4) is 17.4 Å². The summed E-state index contributed by atoms with van der Waals surface area (Å²) in [6.07, 6.45) is 1.31. The molecule has 1 N–H and O–H groups in total. The molecule has 0 fully saturated rings. The molecule has 0 aliphatic rings. The molecule has 0 bridgehead atoms. The zero-order valence-electron chi connectivity index (χ0n) is 14.3. The van der Waals surface area contributed by atoms with E-state index in [1.807, 2.05) is 6.07 Å². The summed E-state index contributed by atoms with van der Waals surface area (Å²) in [6, 6.07) is 18.0. The molecule has 1 heterocycles. The predicted octanol–water partition coefficient (Wildman–Crippen LogP) is 5.16. The smallest absolute Gasteiger partial charge is 0.270 e. The molecule has 2 aromatic carbocycles. The average Bonchev–Trinajstić information content (AvgIpc) is 3.16. The number of halogens is 1. The maximum absolute atomic E-state index is 12.3. The molecule has 1 aromatic heterocycles. The lowest BCUT2D eigenvalue weighted by molar-refractivity contribution is -0.384. The first-order valence-electron chi connectivity index (χ1n) is 7.99. The molecule has 7 nitrogen and oxygen atoms in total. The van der Waals surface area contributed by atoms with Crippen LogP contribution in [0.25, 0.3) is 17.4 Å². The number of anilines is 1. The highest BCUT2D eigenvalue weighted by Crippen LogP contribution is 2.26. The fraction of sp³-hybridized carbons (Fsp3) is 0. The summed E-state index contributed by atoms with van der Waals surface area (Å²) in [4.78, 5) is 22.7. The van der Waals surface area contributed by atoms with Gasteiger partial charge in [0.1, 0.15) is 23.2 Å². The van der Waals surface area contributed by atoms with Crippen LogP contribution in [0.5, 0.6) is 0 Å². The maximum Gasteiger partial charge on any atom is 0.270 e. The molecule has 0 unspecified atom stereocenters. The number of non-ortho nitro benzene ring substituents is 1. The summed E-state index contributed by atoms with van der Waals surface area (Å²) in [7, 11) is 0. The number of nitrogens with one attached hydrogen (secondary N) is 1. The number of furan rings is 1. The summed E-state index contributed by atoms with van der Waals surface area (Å²) < 4.78 is 6.48. The van der Waals surface area contributed by atoms with Crippen molar-refractivity contribution in [1.29, 1.82) is 5.26 Å². The minimum atomic E-state index is -0.571. The molecule has 8 heteroatoms. The largest absolute Gasteiger partial charge is 0.457 e. The highest BCUT2D eigenvalue weighted by molar-refractivity contribution is 9.10. The molecular formula is C20H12BrN3O4. The summed E-state index contributed by atoms with van der Waals surface area (Å²) in [5.74, 6) is 0.0997. The van der Waals surface area contributed by atoms with Gasteiger partial charge in [-0.25, -0.2) is 0 Å². The van der Waals surface area contributed by atoms with Crippen molar-refractivity contribution in [2.75, 3.05) is 5.32 Å². The van der Waals surface area contributed by atoms with Crippen LogP contribution in [0.15, 0.2) is 75.1 Å². The highest BCUT2D eigenvalue weighted by Gasteiger charge is 2.13. The van der Waals surface area contributed by atoms with Gasteiger partial charge in [0.2, 0.25) is 0 Å². The Bertz CT molecular complexity index is 1110. The number of benzene rings is 2. The van der Waals surface area contributed by atoms with Gasteiger partial charge in [-0.1, -0.05) is 28.1 Å². The molecule has 1 amide bonds. The van der Waals surface area contributed by atoms with E-state index >= 15 is 0 Å². The summed E-state index contributed by atoms with van der Waals surface area (Å²) in [5, 5.41) is 22.8. The van der Waals surface area contributed by atoms with Gasteiger partial charge in [0, 0.05) is 33.9 Å². The molecule has 28 heavy (non-hydrogen) atoms. The van der Waals surface area contributed by atoms with Gasteiger partial charge in [0.15, 0.2) is 0 Å². The first kappa shape index (κ1) is 19.1. The Balaban J connectivity index is 1.81. The fourth-order valence-electron chi connectivity index (χ4n) is 2.38. The lowest BCUT2D eigenvalue weighted by atomic mass is 10.1. The van der Waals surface area contributed by atoms with E-state index in [4.69, 9.17) is 4.42 Å². The molecule has 3 aromatic rings. The van der Waals surface area contributed by atoms with Crippen LogP contribution in [0.2, 0.25) is 0 Å². The third-order valence-corrected chi connectivity index (χ3v) is 4.25. The second-order valence-electron chi connectivity index (χ2n) is 5.64. The van der Waals surface area contributed by atoms with Crippen LogP contribution in [0.1, 0.15) is 5.76 Å². The van der Waals surface area contributed by atoms with Gasteiger partial charge in [-0.15, -0.1) is 0 Å². The van der Waals surface area contributed by atoms with E-state index < -0.39 is 10.8 Å². The first-order valence-corrected chi connectivity index (χ1v) is 8.79. The molecule has 0 atom stereocenters. The third kappa shape index (κ3) is 4.52. The lowest BCUT2D eigenvalue weighted by Gasteiger charge is -2.03. The van der Waals surface area contributed by atoms with Crippen LogP contribution in [0.3, 0.4) is 0 Å². The number of rotatable bonds is 5. The Hall–Kier alpha value is -3.70. The van der Waals surface area contributed by atoms with E-state index in [0.29, 0.717) is 17.0 Å². The second-order valence-corrected chi connectivity index (χ2v) is 6.56. The molecule has 0 saturated heterocycles. The van der Waals surface area contributed by atoms with E-state index in [0.717, 1.165) is 4.47 Å².